The Morgan fingerprint density at radius 1 is 1.29 bits per heavy atom. The lowest BCUT2D eigenvalue weighted by atomic mass is 10.2. The van der Waals surface area contributed by atoms with Gasteiger partial charge in [-0.15, -0.1) is 0 Å². The molecule has 1 heterocycles. The third kappa shape index (κ3) is 1.76. The smallest absolute Gasteiger partial charge is 0.250 e. The minimum Gasteiger partial charge on any atom is -0.510 e. The quantitative estimate of drug-likeness (QED) is 0.765. The van der Waals surface area contributed by atoms with Crippen molar-refractivity contribution in [2.45, 2.75) is 6.54 Å². The number of hydrogen-bond donors (Lipinski definition) is 1. The Bertz CT molecular complexity index is 370. The molecule has 1 aliphatic rings. The summed E-state index contributed by atoms with van der Waals surface area (Å²) in [6.07, 6.45) is 1.27. The largest absolute Gasteiger partial charge is 0.510 e. The molecule has 0 bridgehead atoms. The predicted octanol–water partition coefficient (Wildman–Crippen LogP) is 1.47. The molecule has 0 aromatic heterocycles. The second-order valence-electron chi connectivity index (χ2n) is 3.32. The van der Waals surface area contributed by atoms with Crippen LogP contribution in [0.25, 0.3) is 0 Å². The molecule has 0 atom stereocenters. The summed E-state index contributed by atoms with van der Waals surface area (Å²) in [5.74, 6) is 0.0253. The molecule has 72 valence electrons. The number of hydrogen-bond acceptors (Lipinski definition) is 2. The third-order valence-corrected chi connectivity index (χ3v) is 2.17. The van der Waals surface area contributed by atoms with Gasteiger partial charge in [-0.3, -0.25) is 4.79 Å². The van der Waals surface area contributed by atoms with Crippen LogP contribution in [0.1, 0.15) is 5.56 Å². The standard InChI is InChI=1S/C11H11NO2/c13-10-6-11(14)12(8-10)7-9-4-2-1-3-5-9/h1-6,13H,7-8H2. The Morgan fingerprint density at radius 2 is 2.00 bits per heavy atom. The molecule has 1 aromatic rings. The van der Waals surface area contributed by atoms with Crippen LogP contribution < -0.4 is 0 Å². The Balaban J connectivity index is 2.04. The molecule has 1 amide bonds. The van der Waals surface area contributed by atoms with Gasteiger partial charge in [0.05, 0.1) is 6.54 Å². The van der Waals surface area contributed by atoms with E-state index in [1.54, 1.807) is 4.90 Å². The molecule has 3 heteroatoms. The summed E-state index contributed by atoms with van der Waals surface area (Å²) < 4.78 is 0. The van der Waals surface area contributed by atoms with Crippen LogP contribution in [0.3, 0.4) is 0 Å². The fourth-order valence-electron chi connectivity index (χ4n) is 1.49. The summed E-state index contributed by atoms with van der Waals surface area (Å²) in [5, 5.41) is 9.15. The predicted molar refractivity (Wildman–Crippen MR) is 52.6 cm³/mol. The van der Waals surface area contributed by atoms with E-state index < -0.39 is 0 Å². The first-order valence-electron chi connectivity index (χ1n) is 4.48. The molecule has 0 spiro atoms. The van der Waals surface area contributed by atoms with E-state index in [1.165, 1.54) is 6.08 Å². The van der Waals surface area contributed by atoms with Crippen molar-refractivity contribution in [3.05, 3.63) is 47.7 Å². The Hall–Kier alpha value is -1.77. The van der Waals surface area contributed by atoms with Gasteiger partial charge in [-0.05, 0) is 5.56 Å². The summed E-state index contributed by atoms with van der Waals surface area (Å²) in [6, 6.07) is 9.72. The molecular formula is C11H11NO2. The van der Waals surface area contributed by atoms with Crippen LogP contribution in [0.5, 0.6) is 0 Å². The van der Waals surface area contributed by atoms with E-state index in [-0.39, 0.29) is 11.7 Å². The van der Waals surface area contributed by atoms with Crippen molar-refractivity contribution in [3.8, 4) is 0 Å². The highest BCUT2D eigenvalue weighted by atomic mass is 16.3. The summed E-state index contributed by atoms with van der Waals surface area (Å²) >= 11 is 0. The lowest BCUT2D eigenvalue weighted by Crippen LogP contribution is -2.25. The highest BCUT2D eigenvalue weighted by molar-refractivity contribution is 5.90. The lowest BCUT2D eigenvalue weighted by Gasteiger charge is -2.15. The van der Waals surface area contributed by atoms with Crippen molar-refractivity contribution in [1.82, 2.24) is 4.90 Å². The zero-order chi connectivity index (χ0) is 9.97. The number of nitrogens with zero attached hydrogens (tertiary/aromatic N) is 1. The molecule has 1 aromatic carbocycles. The highest BCUT2D eigenvalue weighted by Gasteiger charge is 2.20. The second kappa shape index (κ2) is 3.54. The van der Waals surface area contributed by atoms with Crippen LogP contribution in [0, 0.1) is 0 Å². The number of carbonyl (C=O) groups excluding carboxylic acids is 1. The number of rotatable bonds is 2. The Labute approximate surface area is 82.3 Å². The Kier molecular flexibility index (Phi) is 2.23. The van der Waals surface area contributed by atoms with E-state index in [1.807, 2.05) is 30.3 Å². The van der Waals surface area contributed by atoms with Gasteiger partial charge in [0, 0.05) is 12.6 Å². The molecule has 1 N–H and O–H groups in total. The number of carbonyl (C=O) groups is 1. The maximum absolute atomic E-state index is 11.3. The van der Waals surface area contributed by atoms with Crippen molar-refractivity contribution in [3.63, 3.8) is 0 Å². The monoisotopic (exact) mass is 189 g/mol. The van der Waals surface area contributed by atoms with Gasteiger partial charge in [-0.1, -0.05) is 30.3 Å². The summed E-state index contributed by atoms with van der Waals surface area (Å²) in [6.45, 7) is 0.883. The average Bonchev–Trinajstić information content (AvgIpc) is 2.47. The SMILES string of the molecule is O=C1C=C(O)CN1Cc1ccccc1. The van der Waals surface area contributed by atoms with Crippen molar-refractivity contribution < 1.29 is 9.90 Å². The number of aliphatic hydroxyl groups is 1. The fourth-order valence-corrected chi connectivity index (χ4v) is 1.49. The molecular weight excluding hydrogens is 178 g/mol. The van der Waals surface area contributed by atoms with Crippen LogP contribution in [-0.2, 0) is 11.3 Å². The number of benzene rings is 1. The van der Waals surface area contributed by atoms with Gasteiger partial charge in [-0.2, -0.15) is 0 Å². The fraction of sp³-hybridized carbons (Fsp3) is 0.182. The van der Waals surface area contributed by atoms with Crippen molar-refractivity contribution in [1.29, 1.82) is 0 Å². The van der Waals surface area contributed by atoms with E-state index in [0.29, 0.717) is 13.1 Å². The number of amides is 1. The summed E-state index contributed by atoms with van der Waals surface area (Å²) in [5.41, 5.74) is 1.07. The molecule has 0 radical (unpaired) electrons. The van der Waals surface area contributed by atoms with Gasteiger partial charge in [-0.25, -0.2) is 0 Å². The third-order valence-electron chi connectivity index (χ3n) is 2.17. The minimum absolute atomic E-state index is 0.119. The molecule has 2 rings (SSSR count). The number of aliphatic hydroxyl groups excluding tert-OH is 1. The second-order valence-corrected chi connectivity index (χ2v) is 3.32. The first kappa shape index (κ1) is 8.81. The van der Waals surface area contributed by atoms with Gasteiger partial charge < -0.3 is 10.0 Å². The zero-order valence-electron chi connectivity index (χ0n) is 7.68. The zero-order valence-corrected chi connectivity index (χ0v) is 7.68. The van der Waals surface area contributed by atoms with Crippen LogP contribution in [-0.4, -0.2) is 22.5 Å². The van der Waals surface area contributed by atoms with Gasteiger partial charge in [0.15, 0.2) is 0 Å². The van der Waals surface area contributed by atoms with Crippen LogP contribution in [0.15, 0.2) is 42.2 Å². The van der Waals surface area contributed by atoms with Gasteiger partial charge >= 0.3 is 0 Å². The van der Waals surface area contributed by atoms with Crippen LogP contribution >= 0.6 is 0 Å². The molecule has 3 nitrogen and oxygen atoms in total. The first-order chi connectivity index (χ1) is 6.75. The van der Waals surface area contributed by atoms with Gasteiger partial charge in [0.1, 0.15) is 5.76 Å². The highest BCUT2D eigenvalue weighted by Crippen LogP contribution is 2.12. The van der Waals surface area contributed by atoms with Crippen LogP contribution in [0.2, 0.25) is 0 Å². The molecule has 0 aliphatic carbocycles. The Morgan fingerprint density at radius 3 is 2.57 bits per heavy atom. The van der Waals surface area contributed by atoms with Crippen molar-refractivity contribution in [2.75, 3.05) is 6.54 Å². The van der Waals surface area contributed by atoms with E-state index in [9.17, 15) is 4.79 Å². The molecule has 14 heavy (non-hydrogen) atoms. The maximum Gasteiger partial charge on any atom is 0.250 e. The minimum atomic E-state index is -0.119. The molecule has 0 fully saturated rings. The van der Waals surface area contributed by atoms with E-state index in [4.69, 9.17) is 5.11 Å². The normalized spacial score (nSPS) is 15.9. The van der Waals surface area contributed by atoms with E-state index >= 15 is 0 Å². The molecule has 0 unspecified atom stereocenters. The topological polar surface area (TPSA) is 40.5 Å². The molecule has 0 saturated heterocycles. The van der Waals surface area contributed by atoms with Gasteiger partial charge in [0.2, 0.25) is 0 Å². The summed E-state index contributed by atoms with van der Waals surface area (Å²) in [4.78, 5) is 12.9. The van der Waals surface area contributed by atoms with Crippen molar-refractivity contribution in [2.24, 2.45) is 0 Å². The van der Waals surface area contributed by atoms with E-state index in [2.05, 4.69) is 0 Å². The van der Waals surface area contributed by atoms with E-state index in [0.717, 1.165) is 5.56 Å². The first-order valence-corrected chi connectivity index (χ1v) is 4.48. The molecule has 0 saturated carbocycles. The average molecular weight is 189 g/mol. The van der Waals surface area contributed by atoms with Crippen LogP contribution in [0.4, 0.5) is 0 Å². The molecule has 1 aliphatic heterocycles. The lowest BCUT2D eigenvalue weighted by molar-refractivity contribution is -0.125. The maximum atomic E-state index is 11.3. The summed E-state index contributed by atoms with van der Waals surface area (Å²) in [7, 11) is 0. The van der Waals surface area contributed by atoms with Gasteiger partial charge in [0.25, 0.3) is 5.91 Å². The van der Waals surface area contributed by atoms with Crippen molar-refractivity contribution >= 4 is 5.91 Å².